The van der Waals surface area contributed by atoms with Crippen LogP contribution in [0.3, 0.4) is 0 Å². The molecule has 0 fully saturated rings. The van der Waals surface area contributed by atoms with Gasteiger partial charge in [0, 0.05) is 19.0 Å². The van der Waals surface area contributed by atoms with Crippen LogP contribution in [0, 0.1) is 5.92 Å². The first-order valence-electron chi connectivity index (χ1n) is 7.29. The number of benzene rings is 1. The fourth-order valence-electron chi connectivity index (χ4n) is 2.42. The first-order valence-corrected chi connectivity index (χ1v) is 7.29. The molecule has 0 aromatic heterocycles. The van der Waals surface area contributed by atoms with Gasteiger partial charge in [-0.2, -0.15) is 0 Å². The summed E-state index contributed by atoms with van der Waals surface area (Å²) in [5.41, 5.74) is 2.60. The second kappa shape index (κ2) is 6.40. The highest BCUT2D eigenvalue weighted by Crippen LogP contribution is 2.29. The molecule has 2 atom stereocenters. The number of hydrogen-bond acceptors (Lipinski definition) is 3. The lowest BCUT2D eigenvalue weighted by Gasteiger charge is -2.22. The third-order valence-corrected chi connectivity index (χ3v) is 3.87. The van der Waals surface area contributed by atoms with Crippen molar-refractivity contribution in [2.75, 3.05) is 13.2 Å². The molecular weight excluding hydrogens is 238 g/mol. The third-order valence-electron chi connectivity index (χ3n) is 3.87. The van der Waals surface area contributed by atoms with Crippen LogP contribution in [0.4, 0.5) is 0 Å². The molecule has 0 spiro atoms. The van der Waals surface area contributed by atoms with Crippen molar-refractivity contribution in [3.8, 4) is 5.75 Å². The van der Waals surface area contributed by atoms with Gasteiger partial charge >= 0.3 is 0 Å². The fourth-order valence-corrected chi connectivity index (χ4v) is 2.42. The van der Waals surface area contributed by atoms with E-state index in [0.717, 1.165) is 25.2 Å². The highest BCUT2D eigenvalue weighted by atomic mass is 16.5. The zero-order valence-electron chi connectivity index (χ0n) is 12.1. The number of aliphatic hydroxyl groups is 1. The van der Waals surface area contributed by atoms with Crippen molar-refractivity contribution in [3.05, 3.63) is 29.3 Å². The summed E-state index contributed by atoms with van der Waals surface area (Å²) in [5.74, 6) is 1.32. The third kappa shape index (κ3) is 3.48. The SMILES string of the molecule is CCC(NCC(O)C(C)C)c1ccc2c(c1)CCO2. The van der Waals surface area contributed by atoms with Crippen LogP contribution in [0.25, 0.3) is 0 Å². The Hall–Kier alpha value is -1.06. The maximum Gasteiger partial charge on any atom is 0.122 e. The zero-order chi connectivity index (χ0) is 13.8. The van der Waals surface area contributed by atoms with Gasteiger partial charge in [-0.3, -0.25) is 0 Å². The summed E-state index contributed by atoms with van der Waals surface area (Å²) < 4.78 is 5.54. The van der Waals surface area contributed by atoms with Crippen LogP contribution in [0.1, 0.15) is 44.4 Å². The zero-order valence-corrected chi connectivity index (χ0v) is 12.1. The Bertz CT molecular complexity index is 417. The average Bonchev–Trinajstić information content (AvgIpc) is 2.86. The van der Waals surface area contributed by atoms with Crippen molar-refractivity contribution in [2.45, 2.75) is 45.8 Å². The lowest BCUT2D eigenvalue weighted by Crippen LogP contribution is -2.33. The molecule has 0 amide bonds. The molecule has 2 rings (SSSR count). The topological polar surface area (TPSA) is 41.5 Å². The molecule has 0 saturated heterocycles. The Kier molecular flexibility index (Phi) is 4.83. The molecule has 3 heteroatoms. The van der Waals surface area contributed by atoms with E-state index in [4.69, 9.17) is 4.74 Å². The Morgan fingerprint density at radius 1 is 1.37 bits per heavy atom. The quantitative estimate of drug-likeness (QED) is 0.829. The van der Waals surface area contributed by atoms with Crippen LogP contribution in [-0.4, -0.2) is 24.4 Å². The van der Waals surface area contributed by atoms with Gasteiger partial charge in [0.25, 0.3) is 0 Å². The monoisotopic (exact) mass is 263 g/mol. The van der Waals surface area contributed by atoms with Crippen LogP contribution >= 0.6 is 0 Å². The molecule has 1 heterocycles. The summed E-state index contributed by atoms with van der Waals surface area (Å²) in [6.45, 7) is 7.70. The Morgan fingerprint density at radius 3 is 2.84 bits per heavy atom. The smallest absolute Gasteiger partial charge is 0.122 e. The van der Waals surface area contributed by atoms with E-state index in [1.807, 2.05) is 13.8 Å². The van der Waals surface area contributed by atoms with Gasteiger partial charge in [-0.1, -0.05) is 32.9 Å². The lowest BCUT2D eigenvalue weighted by molar-refractivity contribution is 0.120. The number of rotatable bonds is 6. The van der Waals surface area contributed by atoms with Crippen LogP contribution in [0.5, 0.6) is 5.75 Å². The second-order valence-electron chi connectivity index (χ2n) is 5.65. The van der Waals surface area contributed by atoms with Crippen LogP contribution in [-0.2, 0) is 6.42 Å². The van der Waals surface area contributed by atoms with Gasteiger partial charge in [0.15, 0.2) is 0 Å². The molecule has 3 nitrogen and oxygen atoms in total. The van der Waals surface area contributed by atoms with Crippen LogP contribution < -0.4 is 10.1 Å². The normalized spacial score (nSPS) is 17.1. The van der Waals surface area contributed by atoms with E-state index in [0.29, 0.717) is 18.5 Å². The van der Waals surface area contributed by atoms with Crippen molar-refractivity contribution in [1.82, 2.24) is 5.32 Å². The molecule has 106 valence electrons. The summed E-state index contributed by atoms with van der Waals surface area (Å²) in [6, 6.07) is 6.75. The van der Waals surface area contributed by atoms with E-state index in [1.54, 1.807) is 0 Å². The van der Waals surface area contributed by atoms with Crippen LogP contribution in [0.2, 0.25) is 0 Å². The first-order chi connectivity index (χ1) is 9.11. The van der Waals surface area contributed by atoms with E-state index in [9.17, 15) is 5.11 Å². The molecule has 0 radical (unpaired) electrons. The van der Waals surface area contributed by atoms with Gasteiger partial charge in [0.1, 0.15) is 5.75 Å². The van der Waals surface area contributed by atoms with E-state index >= 15 is 0 Å². The highest BCUT2D eigenvalue weighted by Gasteiger charge is 2.17. The van der Waals surface area contributed by atoms with Crippen molar-refractivity contribution in [1.29, 1.82) is 0 Å². The molecule has 1 aromatic carbocycles. The average molecular weight is 263 g/mol. The largest absolute Gasteiger partial charge is 0.493 e. The molecule has 1 aromatic rings. The van der Waals surface area contributed by atoms with Crippen LogP contribution in [0.15, 0.2) is 18.2 Å². The molecule has 1 aliphatic heterocycles. The maximum atomic E-state index is 9.89. The van der Waals surface area contributed by atoms with Gasteiger partial charge in [-0.05, 0) is 29.5 Å². The van der Waals surface area contributed by atoms with Crippen molar-refractivity contribution < 1.29 is 9.84 Å². The van der Waals surface area contributed by atoms with E-state index < -0.39 is 0 Å². The van der Waals surface area contributed by atoms with Gasteiger partial charge in [0.05, 0.1) is 12.7 Å². The summed E-state index contributed by atoms with van der Waals surface area (Å²) >= 11 is 0. The fraction of sp³-hybridized carbons (Fsp3) is 0.625. The molecule has 19 heavy (non-hydrogen) atoms. The maximum absolute atomic E-state index is 9.89. The van der Waals surface area contributed by atoms with E-state index in [1.165, 1.54) is 11.1 Å². The van der Waals surface area contributed by atoms with Crippen molar-refractivity contribution >= 4 is 0 Å². The summed E-state index contributed by atoms with van der Waals surface area (Å²) in [6.07, 6.45) is 1.74. The Morgan fingerprint density at radius 2 is 2.16 bits per heavy atom. The summed E-state index contributed by atoms with van der Waals surface area (Å²) in [5, 5.41) is 13.4. The minimum Gasteiger partial charge on any atom is -0.493 e. The lowest BCUT2D eigenvalue weighted by atomic mass is 10.00. The molecule has 0 aliphatic carbocycles. The molecule has 0 bridgehead atoms. The van der Waals surface area contributed by atoms with E-state index in [2.05, 4.69) is 30.4 Å². The summed E-state index contributed by atoms with van der Waals surface area (Å²) in [7, 11) is 0. The number of nitrogens with one attached hydrogen (secondary N) is 1. The van der Waals surface area contributed by atoms with Crippen molar-refractivity contribution in [2.24, 2.45) is 5.92 Å². The van der Waals surface area contributed by atoms with Gasteiger partial charge in [-0.15, -0.1) is 0 Å². The van der Waals surface area contributed by atoms with Crippen molar-refractivity contribution in [3.63, 3.8) is 0 Å². The number of aliphatic hydroxyl groups excluding tert-OH is 1. The molecule has 1 aliphatic rings. The summed E-state index contributed by atoms with van der Waals surface area (Å²) in [4.78, 5) is 0. The second-order valence-corrected chi connectivity index (χ2v) is 5.65. The first kappa shape index (κ1) is 14.4. The van der Waals surface area contributed by atoms with Gasteiger partial charge in [0.2, 0.25) is 0 Å². The predicted octanol–water partition coefficient (Wildman–Crippen LogP) is 2.68. The van der Waals surface area contributed by atoms with Gasteiger partial charge in [-0.25, -0.2) is 0 Å². The molecule has 2 unspecified atom stereocenters. The molecular formula is C16H25NO2. The highest BCUT2D eigenvalue weighted by molar-refractivity contribution is 5.40. The Labute approximate surface area is 116 Å². The molecule has 0 saturated carbocycles. The predicted molar refractivity (Wildman–Crippen MR) is 77.5 cm³/mol. The number of hydrogen-bond donors (Lipinski definition) is 2. The van der Waals surface area contributed by atoms with E-state index in [-0.39, 0.29) is 6.10 Å². The standard InChI is InChI=1S/C16H25NO2/c1-4-14(17-10-15(18)11(2)3)12-5-6-16-13(9-12)7-8-19-16/h5-6,9,11,14-15,17-18H,4,7-8,10H2,1-3H3. The molecule has 2 N–H and O–H groups in total. The van der Waals surface area contributed by atoms with Gasteiger partial charge < -0.3 is 15.2 Å². The minimum absolute atomic E-state index is 0.285. The Balaban J connectivity index is 2.01. The minimum atomic E-state index is -0.285. The number of ether oxygens (including phenoxy) is 1. The number of fused-ring (bicyclic) bond motifs is 1.